The number of ether oxygens (including phenoxy) is 1. The molecule has 1 aliphatic heterocycles. The molecule has 1 fully saturated rings. The second-order valence-electron chi connectivity index (χ2n) is 3.92. The minimum atomic E-state index is -0.316. The Morgan fingerprint density at radius 2 is 2.14 bits per heavy atom. The van der Waals surface area contributed by atoms with Crippen LogP contribution in [0.4, 0.5) is 4.79 Å². The van der Waals surface area contributed by atoms with Crippen molar-refractivity contribution in [1.29, 1.82) is 0 Å². The molecule has 0 aromatic heterocycles. The molecular weight excluding hydrogens is 178 g/mol. The van der Waals surface area contributed by atoms with E-state index in [9.17, 15) is 4.79 Å². The maximum atomic E-state index is 10.9. The standard InChI is InChI=1S/C11H13NO2/c1-11(8-14-10(13)12-11)7-9-5-3-2-4-6-9/h2-6H,7-8H2,1H3,(H,12,13)/t11-/m1/s1. The molecule has 0 aliphatic carbocycles. The van der Waals surface area contributed by atoms with Crippen molar-refractivity contribution in [3.05, 3.63) is 35.9 Å². The number of nitrogens with one attached hydrogen (secondary N) is 1. The number of rotatable bonds is 2. The van der Waals surface area contributed by atoms with Gasteiger partial charge in [-0.1, -0.05) is 30.3 Å². The number of hydrogen-bond donors (Lipinski definition) is 1. The molecular formula is C11H13NO2. The first-order valence-corrected chi connectivity index (χ1v) is 4.67. The van der Waals surface area contributed by atoms with E-state index < -0.39 is 0 Å². The molecule has 0 bridgehead atoms. The lowest BCUT2D eigenvalue weighted by Gasteiger charge is -2.20. The Labute approximate surface area is 83.1 Å². The fraction of sp³-hybridized carbons (Fsp3) is 0.364. The highest BCUT2D eigenvalue weighted by Gasteiger charge is 2.34. The van der Waals surface area contributed by atoms with E-state index in [1.54, 1.807) is 0 Å². The van der Waals surface area contributed by atoms with E-state index >= 15 is 0 Å². The molecule has 1 aliphatic rings. The van der Waals surface area contributed by atoms with Crippen molar-refractivity contribution in [3.8, 4) is 0 Å². The van der Waals surface area contributed by atoms with Gasteiger partial charge in [0, 0.05) is 0 Å². The van der Waals surface area contributed by atoms with E-state index in [2.05, 4.69) is 17.4 Å². The van der Waals surface area contributed by atoms with E-state index in [0.717, 1.165) is 6.42 Å². The van der Waals surface area contributed by atoms with Crippen molar-refractivity contribution in [3.63, 3.8) is 0 Å². The highest BCUT2D eigenvalue weighted by Crippen LogP contribution is 2.18. The fourth-order valence-electron chi connectivity index (χ4n) is 1.69. The van der Waals surface area contributed by atoms with Gasteiger partial charge < -0.3 is 10.1 Å². The second kappa shape index (κ2) is 3.33. The quantitative estimate of drug-likeness (QED) is 0.773. The number of cyclic esters (lactones) is 1. The summed E-state index contributed by atoms with van der Waals surface area (Å²) in [6.07, 6.45) is 0.489. The predicted molar refractivity (Wildman–Crippen MR) is 53.0 cm³/mol. The lowest BCUT2D eigenvalue weighted by Crippen LogP contribution is -2.42. The van der Waals surface area contributed by atoms with Crippen LogP contribution in [0.25, 0.3) is 0 Å². The molecule has 0 spiro atoms. The molecule has 1 atom stereocenters. The predicted octanol–water partition coefficient (Wildman–Crippen LogP) is 1.73. The zero-order valence-electron chi connectivity index (χ0n) is 8.12. The van der Waals surface area contributed by atoms with Gasteiger partial charge in [0.15, 0.2) is 0 Å². The zero-order chi connectivity index (χ0) is 10.0. The van der Waals surface area contributed by atoms with Crippen LogP contribution in [0.5, 0.6) is 0 Å². The van der Waals surface area contributed by atoms with E-state index in [-0.39, 0.29) is 11.6 Å². The van der Waals surface area contributed by atoms with Crippen LogP contribution in [0.15, 0.2) is 30.3 Å². The minimum absolute atomic E-state index is 0.252. The van der Waals surface area contributed by atoms with Crippen molar-refractivity contribution >= 4 is 6.09 Å². The Bertz CT molecular complexity index is 336. The first-order valence-electron chi connectivity index (χ1n) is 4.67. The topological polar surface area (TPSA) is 38.3 Å². The number of carbonyl (C=O) groups excluding carboxylic acids is 1. The maximum absolute atomic E-state index is 10.9. The Morgan fingerprint density at radius 1 is 1.43 bits per heavy atom. The number of benzene rings is 1. The number of amides is 1. The molecule has 0 unspecified atom stereocenters. The van der Waals surface area contributed by atoms with E-state index in [1.807, 2.05) is 25.1 Å². The summed E-state index contributed by atoms with van der Waals surface area (Å²) >= 11 is 0. The Morgan fingerprint density at radius 3 is 2.71 bits per heavy atom. The van der Waals surface area contributed by atoms with Gasteiger partial charge in [0.25, 0.3) is 0 Å². The van der Waals surface area contributed by atoms with Crippen molar-refractivity contribution in [2.45, 2.75) is 18.9 Å². The number of alkyl carbamates (subject to hydrolysis) is 1. The van der Waals surface area contributed by atoms with Crippen molar-refractivity contribution in [2.24, 2.45) is 0 Å². The van der Waals surface area contributed by atoms with Gasteiger partial charge in [-0.05, 0) is 18.9 Å². The van der Waals surface area contributed by atoms with Crippen molar-refractivity contribution in [1.82, 2.24) is 5.32 Å². The summed E-state index contributed by atoms with van der Waals surface area (Å²) < 4.78 is 4.89. The zero-order valence-corrected chi connectivity index (χ0v) is 8.12. The van der Waals surface area contributed by atoms with Crippen LogP contribution in [0.2, 0.25) is 0 Å². The van der Waals surface area contributed by atoms with Crippen LogP contribution in [0.3, 0.4) is 0 Å². The molecule has 1 amide bonds. The fourth-order valence-corrected chi connectivity index (χ4v) is 1.69. The Kier molecular flexibility index (Phi) is 2.15. The third kappa shape index (κ3) is 1.87. The van der Waals surface area contributed by atoms with Crippen LogP contribution in [0.1, 0.15) is 12.5 Å². The highest BCUT2D eigenvalue weighted by atomic mass is 16.6. The summed E-state index contributed by atoms with van der Waals surface area (Å²) in [4.78, 5) is 10.9. The number of carbonyl (C=O) groups is 1. The molecule has 1 heterocycles. The molecule has 3 heteroatoms. The van der Waals surface area contributed by atoms with Crippen LogP contribution < -0.4 is 5.32 Å². The summed E-state index contributed by atoms with van der Waals surface area (Å²) in [7, 11) is 0. The maximum Gasteiger partial charge on any atom is 0.407 e. The second-order valence-corrected chi connectivity index (χ2v) is 3.92. The molecule has 0 saturated carbocycles. The molecule has 2 rings (SSSR count). The first-order chi connectivity index (χ1) is 6.68. The number of hydrogen-bond acceptors (Lipinski definition) is 2. The highest BCUT2D eigenvalue weighted by molar-refractivity contribution is 5.70. The average Bonchev–Trinajstić information content (AvgIpc) is 2.47. The molecule has 1 N–H and O–H groups in total. The molecule has 74 valence electrons. The molecule has 14 heavy (non-hydrogen) atoms. The third-order valence-electron chi connectivity index (χ3n) is 2.36. The van der Waals surface area contributed by atoms with Gasteiger partial charge in [0.2, 0.25) is 0 Å². The molecule has 3 nitrogen and oxygen atoms in total. The summed E-state index contributed by atoms with van der Waals surface area (Å²) in [6, 6.07) is 10.1. The van der Waals surface area contributed by atoms with E-state index in [4.69, 9.17) is 4.74 Å². The molecule has 1 aromatic rings. The third-order valence-corrected chi connectivity index (χ3v) is 2.36. The van der Waals surface area contributed by atoms with Gasteiger partial charge >= 0.3 is 6.09 Å². The first kappa shape index (κ1) is 9.06. The van der Waals surface area contributed by atoms with Gasteiger partial charge in [0.05, 0.1) is 5.54 Å². The van der Waals surface area contributed by atoms with E-state index in [1.165, 1.54) is 5.56 Å². The monoisotopic (exact) mass is 191 g/mol. The SMILES string of the molecule is C[C@@]1(Cc2ccccc2)COC(=O)N1. The van der Waals surface area contributed by atoms with Gasteiger partial charge in [0.1, 0.15) is 6.61 Å². The lowest BCUT2D eigenvalue weighted by atomic mass is 9.94. The van der Waals surface area contributed by atoms with Gasteiger partial charge in [-0.2, -0.15) is 0 Å². The van der Waals surface area contributed by atoms with Gasteiger partial charge in [-0.25, -0.2) is 4.79 Å². The largest absolute Gasteiger partial charge is 0.447 e. The summed E-state index contributed by atoms with van der Waals surface area (Å²) in [6.45, 7) is 2.44. The summed E-state index contributed by atoms with van der Waals surface area (Å²) in [5, 5.41) is 2.82. The lowest BCUT2D eigenvalue weighted by molar-refractivity contribution is 0.173. The average molecular weight is 191 g/mol. The molecule has 1 saturated heterocycles. The smallest absolute Gasteiger partial charge is 0.407 e. The van der Waals surface area contributed by atoms with Crippen LogP contribution in [0, 0.1) is 0 Å². The summed E-state index contributed by atoms with van der Waals surface area (Å²) in [5.74, 6) is 0. The Balaban J connectivity index is 2.08. The van der Waals surface area contributed by atoms with Crippen LogP contribution in [-0.4, -0.2) is 18.2 Å². The van der Waals surface area contributed by atoms with Crippen LogP contribution >= 0.6 is 0 Å². The van der Waals surface area contributed by atoms with Crippen molar-refractivity contribution < 1.29 is 9.53 Å². The normalized spacial score (nSPS) is 25.6. The van der Waals surface area contributed by atoms with Gasteiger partial charge in [-0.3, -0.25) is 0 Å². The van der Waals surface area contributed by atoms with E-state index in [0.29, 0.717) is 6.61 Å². The molecule has 0 radical (unpaired) electrons. The Hall–Kier alpha value is -1.51. The van der Waals surface area contributed by atoms with Crippen molar-refractivity contribution in [2.75, 3.05) is 6.61 Å². The molecule has 1 aromatic carbocycles. The van der Waals surface area contributed by atoms with Crippen LogP contribution in [-0.2, 0) is 11.2 Å². The minimum Gasteiger partial charge on any atom is -0.447 e. The summed E-state index contributed by atoms with van der Waals surface area (Å²) in [5.41, 5.74) is 0.958. The van der Waals surface area contributed by atoms with Gasteiger partial charge in [-0.15, -0.1) is 0 Å².